The molecule has 0 spiro atoms. The van der Waals surface area contributed by atoms with Crippen LogP contribution in [0.3, 0.4) is 0 Å². The topological polar surface area (TPSA) is 98.5 Å². The Labute approximate surface area is 75.4 Å². The molecule has 0 fully saturated rings. The summed E-state index contributed by atoms with van der Waals surface area (Å²) in [6.07, 6.45) is -0.990. The predicted octanol–water partition coefficient (Wildman–Crippen LogP) is -0.475. The Hall–Kier alpha value is -1.59. The summed E-state index contributed by atoms with van der Waals surface area (Å²) in [6.45, 7) is 1.81. The van der Waals surface area contributed by atoms with E-state index in [4.69, 9.17) is 5.73 Å². The molecule has 0 saturated carbocycles. The number of primary amides is 1. The van der Waals surface area contributed by atoms with Gasteiger partial charge in [0.25, 0.3) is 0 Å². The lowest BCUT2D eigenvalue weighted by atomic mass is 10.3. The lowest BCUT2D eigenvalue weighted by Crippen LogP contribution is -2.31. The molecule has 0 aliphatic rings. The van der Waals surface area contributed by atoms with Crippen molar-refractivity contribution in [3.63, 3.8) is 0 Å². The smallest absolute Gasteiger partial charge is 0.413 e. The van der Waals surface area contributed by atoms with Gasteiger partial charge in [-0.1, -0.05) is 0 Å². The van der Waals surface area contributed by atoms with Crippen molar-refractivity contribution in [2.45, 2.75) is 19.8 Å². The maximum absolute atomic E-state index is 10.8. The molecule has 0 aromatic rings. The van der Waals surface area contributed by atoms with Gasteiger partial charge in [0.05, 0.1) is 6.61 Å². The van der Waals surface area contributed by atoms with Crippen molar-refractivity contribution in [3.05, 3.63) is 0 Å². The molecular weight excluding hydrogens is 176 g/mol. The third-order valence-corrected chi connectivity index (χ3v) is 1.12. The zero-order chi connectivity index (χ0) is 10.3. The molecule has 0 rings (SSSR count). The zero-order valence-corrected chi connectivity index (χ0v) is 7.33. The number of hydrogen-bond donors (Lipinski definition) is 2. The summed E-state index contributed by atoms with van der Waals surface area (Å²) < 4.78 is 4.43. The molecule has 3 amide bonds. The number of rotatable bonds is 4. The van der Waals surface area contributed by atoms with Gasteiger partial charge in [-0.2, -0.15) is 0 Å². The fourth-order valence-corrected chi connectivity index (χ4v) is 0.580. The number of nitrogens with one attached hydrogen (secondary N) is 1. The molecule has 0 radical (unpaired) electrons. The van der Waals surface area contributed by atoms with E-state index in [0.717, 1.165) is 0 Å². The number of imide groups is 1. The number of carbonyl (C=O) groups is 3. The number of amides is 3. The Kier molecular flexibility index (Phi) is 5.25. The van der Waals surface area contributed by atoms with Crippen LogP contribution in [-0.4, -0.2) is 24.5 Å². The summed E-state index contributed by atoms with van der Waals surface area (Å²) in [4.78, 5) is 31.7. The molecule has 6 nitrogen and oxygen atoms in total. The van der Waals surface area contributed by atoms with Crippen LogP contribution in [0.25, 0.3) is 0 Å². The molecule has 6 heteroatoms. The fourth-order valence-electron chi connectivity index (χ4n) is 0.580. The molecule has 74 valence electrons. The molecule has 0 saturated heterocycles. The number of carbonyl (C=O) groups excluding carboxylic acids is 3. The van der Waals surface area contributed by atoms with Gasteiger partial charge >= 0.3 is 6.09 Å². The molecule has 0 bridgehead atoms. The van der Waals surface area contributed by atoms with Gasteiger partial charge in [-0.25, -0.2) is 4.79 Å². The standard InChI is InChI=1S/C7H12N2O4/c1-2-13-7(12)9-6(11)4-3-5(8)10/h2-4H2,1H3,(H2,8,10)(H,9,11,12). The van der Waals surface area contributed by atoms with E-state index in [0.29, 0.717) is 0 Å². The lowest BCUT2D eigenvalue weighted by Gasteiger charge is -2.02. The van der Waals surface area contributed by atoms with Crippen LogP contribution in [0, 0.1) is 0 Å². The summed E-state index contributed by atoms with van der Waals surface area (Å²) in [5, 5.41) is 1.93. The summed E-state index contributed by atoms with van der Waals surface area (Å²) in [6, 6.07) is 0. The van der Waals surface area contributed by atoms with Crippen molar-refractivity contribution in [1.82, 2.24) is 5.32 Å². The minimum Gasteiger partial charge on any atom is -0.450 e. The van der Waals surface area contributed by atoms with Gasteiger partial charge in [0.2, 0.25) is 11.8 Å². The van der Waals surface area contributed by atoms with Crippen molar-refractivity contribution in [2.75, 3.05) is 6.61 Å². The number of hydrogen-bond acceptors (Lipinski definition) is 4. The van der Waals surface area contributed by atoms with Gasteiger partial charge < -0.3 is 10.5 Å². The molecule has 0 heterocycles. The van der Waals surface area contributed by atoms with Crippen molar-refractivity contribution in [2.24, 2.45) is 5.73 Å². The van der Waals surface area contributed by atoms with Gasteiger partial charge in [0, 0.05) is 12.8 Å². The van der Waals surface area contributed by atoms with E-state index in [2.05, 4.69) is 4.74 Å². The van der Waals surface area contributed by atoms with E-state index in [1.165, 1.54) is 0 Å². The highest BCUT2D eigenvalue weighted by Crippen LogP contribution is 1.87. The van der Waals surface area contributed by atoms with Crippen LogP contribution in [0.2, 0.25) is 0 Å². The van der Waals surface area contributed by atoms with E-state index in [-0.39, 0.29) is 19.4 Å². The molecule has 0 unspecified atom stereocenters. The molecule has 3 N–H and O–H groups in total. The predicted molar refractivity (Wildman–Crippen MR) is 43.6 cm³/mol. The second kappa shape index (κ2) is 5.99. The summed E-state index contributed by atoms with van der Waals surface area (Å²) >= 11 is 0. The average molecular weight is 188 g/mol. The van der Waals surface area contributed by atoms with Crippen molar-refractivity contribution >= 4 is 17.9 Å². The van der Waals surface area contributed by atoms with E-state index in [9.17, 15) is 14.4 Å². The Morgan fingerprint density at radius 3 is 2.38 bits per heavy atom. The third-order valence-electron chi connectivity index (χ3n) is 1.12. The molecule has 0 aliphatic heterocycles. The van der Waals surface area contributed by atoms with Crippen molar-refractivity contribution in [1.29, 1.82) is 0 Å². The zero-order valence-electron chi connectivity index (χ0n) is 7.33. The first-order valence-electron chi connectivity index (χ1n) is 3.81. The van der Waals surface area contributed by atoms with E-state index >= 15 is 0 Å². The van der Waals surface area contributed by atoms with Gasteiger partial charge in [-0.3, -0.25) is 14.9 Å². The first kappa shape index (κ1) is 11.4. The highest BCUT2D eigenvalue weighted by molar-refractivity contribution is 5.93. The van der Waals surface area contributed by atoms with E-state index in [1.807, 2.05) is 5.32 Å². The highest BCUT2D eigenvalue weighted by Gasteiger charge is 2.08. The second-order valence-corrected chi connectivity index (χ2v) is 2.23. The summed E-state index contributed by atoms with van der Waals surface area (Å²) in [7, 11) is 0. The van der Waals surface area contributed by atoms with Crippen LogP contribution in [0.1, 0.15) is 19.8 Å². The molecule has 0 aromatic carbocycles. The molecule has 0 aromatic heterocycles. The van der Waals surface area contributed by atoms with Crippen molar-refractivity contribution < 1.29 is 19.1 Å². The van der Waals surface area contributed by atoms with E-state index < -0.39 is 17.9 Å². The Morgan fingerprint density at radius 2 is 1.92 bits per heavy atom. The molecular formula is C7H12N2O4. The van der Waals surface area contributed by atoms with E-state index in [1.54, 1.807) is 6.92 Å². The monoisotopic (exact) mass is 188 g/mol. The first-order valence-corrected chi connectivity index (χ1v) is 3.81. The normalized spacial score (nSPS) is 9.00. The minimum atomic E-state index is -0.808. The van der Waals surface area contributed by atoms with Crippen LogP contribution >= 0.6 is 0 Å². The van der Waals surface area contributed by atoms with Crippen LogP contribution in [0.15, 0.2) is 0 Å². The Bertz CT molecular complexity index is 215. The van der Waals surface area contributed by atoms with Crippen LogP contribution in [0.5, 0.6) is 0 Å². The van der Waals surface area contributed by atoms with Crippen molar-refractivity contribution in [3.8, 4) is 0 Å². The highest BCUT2D eigenvalue weighted by atomic mass is 16.5. The van der Waals surface area contributed by atoms with Crippen LogP contribution in [0.4, 0.5) is 4.79 Å². The maximum Gasteiger partial charge on any atom is 0.413 e. The molecule has 0 aliphatic carbocycles. The number of nitrogens with two attached hydrogens (primary N) is 1. The van der Waals surface area contributed by atoms with Gasteiger partial charge in [0.15, 0.2) is 0 Å². The summed E-state index contributed by atoms with van der Waals surface area (Å²) in [5.41, 5.74) is 4.80. The second-order valence-electron chi connectivity index (χ2n) is 2.23. The fraction of sp³-hybridized carbons (Fsp3) is 0.571. The largest absolute Gasteiger partial charge is 0.450 e. The SMILES string of the molecule is CCOC(=O)NC(=O)CCC(N)=O. The number of ether oxygens (including phenoxy) is 1. The minimum absolute atomic E-state index is 0.0781. The lowest BCUT2D eigenvalue weighted by molar-refractivity contribution is -0.124. The Balaban J connectivity index is 3.62. The number of alkyl carbamates (subject to hydrolysis) is 1. The van der Waals surface area contributed by atoms with Gasteiger partial charge in [-0.15, -0.1) is 0 Å². The first-order chi connectivity index (χ1) is 6.06. The average Bonchev–Trinajstić information content (AvgIpc) is 2.01. The quantitative estimate of drug-likeness (QED) is 0.622. The van der Waals surface area contributed by atoms with Gasteiger partial charge in [0.1, 0.15) is 0 Å². The summed E-state index contributed by atoms with van der Waals surface area (Å²) in [5.74, 6) is -1.16. The maximum atomic E-state index is 10.8. The Morgan fingerprint density at radius 1 is 1.31 bits per heavy atom. The third kappa shape index (κ3) is 6.79. The molecule has 13 heavy (non-hydrogen) atoms. The van der Waals surface area contributed by atoms with Crippen LogP contribution < -0.4 is 11.1 Å². The molecule has 0 atom stereocenters. The van der Waals surface area contributed by atoms with Crippen LogP contribution in [-0.2, 0) is 14.3 Å². The van der Waals surface area contributed by atoms with Gasteiger partial charge in [-0.05, 0) is 6.92 Å².